The van der Waals surface area contributed by atoms with Crippen LogP contribution in [0.1, 0.15) is 27.2 Å². The highest BCUT2D eigenvalue weighted by atomic mass is 14.9. The van der Waals surface area contributed by atoms with E-state index in [1.807, 2.05) is 0 Å². The number of allylic oxidation sites excluding steroid dienone is 3. The summed E-state index contributed by atoms with van der Waals surface area (Å²) in [7, 11) is 0. The average molecular weight is 163 g/mol. The van der Waals surface area contributed by atoms with Gasteiger partial charge in [0, 0.05) is 17.3 Å². The molecule has 1 unspecified atom stereocenters. The molecule has 0 spiro atoms. The molecule has 0 amide bonds. The van der Waals surface area contributed by atoms with Crippen molar-refractivity contribution in [2.45, 2.75) is 27.2 Å². The van der Waals surface area contributed by atoms with E-state index in [4.69, 9.17) is 0 Å². The van der Waals surface area contributed by atoms with Gasteiger partial charge < -0.3 is 5.32 Å². The monoisotopic (exact) mass is 163 g/mol. The second kappa shape index (κ2) is 3.18. The summed E-state index contributed by atoms with van der Waals surface area (Å²) in [6.45, 7) is 14.4. The molecular formula is C11H17N. The molecule has 1 heteroatoms. The predicted octanol–water partition coefficient (Wildman–Crippen LogP) is 2.98. The van der Waals surface area contributed by atoms with Crippen molar-refractivity contribution in [1.82, 2.24) is 5.32 Å². The highest BCUT2D eigenvalue weighted by molar-refractivity contribution is 5.41. The zero-order valence-electron chi connectivity index (χ0n) is 8.20. The van der Waals surface area contributed by atoms with Gasteiger partial charge in [0.15, 0.2) is 0 Å². The van der Waals surface area contributed by atoms with Crippen LogP contribution in [0.25, 0.3) is 0 Å². The number of rotatable bonds is 1. The molecule has 0 aromatic rings. The summed E-state index contributed by atoms with van der Waals surface area (Å²) in [5.41, 5.74) is 4.79. The Bertz CT molecular complexity index is 258. The van der Waals surface area contributed by atoms with E-state index >= 15 is 0 Å². The quantitative estimate of drug-likeness (QED) is 0.626. The average Bonchev–Trinajstić information content (AvgIpc) is 2.01. The third kappa shape index (κ3) is 1.31. The summed E-state index contributed by atoms with van der Waals surface area (Å²) >= 11 is 0. The van der Waals surface area contributed by atoms with Crippen LogP contribution in [0, 0.1) is 5.92 Å². The van der Waals surface area contributed by atoms with Gasteiger partial charge in [0.25, 0.3) is 0 Å². The molecule has 1 nitrogen and oxygen atoms in total. The lowest BCUT2D eigenvalue weighted by Gasteiger charge is -2.29. The molecule has 0 saturated heterocycles. The van der Waals surface area contributed by atoms with E-state index in [-0.39, 0.29) is 0 Å². The van der Waals surface area contributed by atoms with Crippen LogP contribution < -0.4 is 5.32 Å². The van der Waals surface area contributed by atoms with E-state index < -0.39 is 0 Å². The Morgan fingerprint density at radius 3 is 2.42 bits per heavy atom. The van der Waals surface area contributed by atoms with Gasteiger partial charge in [0.1, 0.15) is 0 Å². The summed E-state index contributed by atoms with van der Waals surface area (Å²) < 4.78 is 0. The third-order valence-electron chi connectivity index (χ3n) is 2.64. The summed E-state index contributed by atoms with van der Waals surface area (Å²) in [4.78, 5) is 0. The maximum atomic E-state index is 4.09. The highest BCUT2D eigenvalue weighted by Gasteiger charge is 2.21. The zero-order chi connectivity index (χ0) is 9.30. The van der Waals surface area contributed by atoms with Gasteiger partial charge in [0.05, 0.1) is 0 Å². The van der Waals surface area contributed by atoms with Gasteiger partial charge in [-0.25, -0.2) is 0 Å². The van der Waals surface area contributed by atoms with Crippen molar-refractivity contribution in [2.75, 3.05) is 0 Å². The largest absolute Gasteiger partial charge is 0.362 e. The molecule has 66 valence electrons. The first-order valence-electron chi connectivity index (χ1n) is 4.40. The van der Waals surface area contributed by atoms with Gasteiger partial charge in [-0.1, -0.05) is 20.1 Å². The van der Waals surface area contributed by atoms with E-state index in [9.17, 15) is 0 Å². The van der Waals surface area contributed by atoms with Crippen molar-refractivity contribution in [2.24, 2.45) is 5.92 Å². The number of hydrogen-bond donors (Lipinski definition) is 1. The van der Waals surface area contributed by atoms with Gasteiger partial charge >= 0.3 is 0 Å². The van der Waals surface area contributed by atoms with Crippen molar-refractivity contribution in [1.29, 1.82) is 0 Å². The fraction of sp³-hybridized carbons (Fsp3) is 0.455. The van der Waals surface area contributed by atoms with Crippen LogP contribution >= 0.6 is 0 Å². The van der Waals surface area contributed by atoms with Gasteiger partial charge in [-0.15, -0.1) is 0 Å². The van der Waals surface area contributed by atoms with Crippen LogP contribution in [0.5, 0.6) is 0 Å². The van der Waals surface area contributed by atoms with E-state index in [0.29, 0.717) is 5.92 Å². The first kappa shape index (κ1) is 9.11. The molecule has 1 aliphatic heterocycles. The van der Waals surface area contributed by atoms with E-state index in [1.54, 1.807) is 0 Å². The lowest BCUT2D eigenvalue weighted by Crippen LogP contribution is -2.25. The Morgan fingerprint density at radius 1 is 1.33 bits per heavy atom. The first-order chi connectivity index (χ1) is 5.57. The van der Waals surface area contributed by atoms with Crippen LogP contribution in [0.2, 0.25) is 0 Å². The zero-order valence-corrected chi connectivity index (χ0v) is 8.20. The van der Waals surface area contributed by atoms with Crippen LogP contribution in [-0.4, -0.2) is 0 Å². The molecular weight excluding hydrogens is 146 g/mol. The summed E-state index contributed by atoms with van der Waals surface area (Å²) in [5, 5.41) is 3.28. The molecule has 0 aromatic heterocycles. The molecule has 0 bridgehead atoms. The smallest absolute Gasteiger partial charge is 0.0229 e. The topological polar surface area (TPSA) is 12.0 Å². The van der Waals surface area contributed by atoms with E-state index in [2.05, 4.69) is 39.2 Å². The molecule has 12 heavy (non-hydrogen) atoms. The van der Waals surface area contributed by atoms with Crippen LogP contribution in [0.3, 0.4) is 0 Å². The van der Waals surface area contributed by atoms with E-state index in [0.717, 1.165) is 12.1 Å². The maximum absolute atomic E-state index is 4.09. The van der Waals surface area contributed by atoms with Gasteiger partial charge in [0.2, 0.25) is 0 Å². The lowest BCUT2D eigenvalue weighted by atomic mass is 9.86. The van der Waals surface area contributed by atoms with Gasteiger partial charge in [-0.2, -0.15) is 0 Å². The number of hydrogen-bond acceptors (Lipinski definition) is 1. The van der Waals surface area contributed by atoms with Crippen molar-refractivity contribution < 1.29 is 0 Å². The van der Waals surface area contributed by atoms with E-state index in [1.165, 1.54) is 16.8 Å². The normalized spacial score (nSPS) is 24.4. The van der Waals surface area contributed by atoms with Crippen LogP contribution in [0.15, 0.2) is 35.7 Å². The molecule has 1 rings (SSSR count). The van der Waals surface area contributed by atoms with Gasteiger partial charge in [-0.05, 0) is 31.4 Å². The minimum Gasteiger partial charge on any atom is -0.362 e. The fourth-order valence-corrected chi connectivity index (χ4v) is 1.63. The van der Waals surface area contributed by atoms with Crippen molar-refractivity contribution in [3.63, 3.8) is 0 Å². The third-order valence-corrected chi connectivity index (χ3v) is 2.64. The summed E-state index contributed by atoms with van der Waals surface area (Å²) in [6, 6.07) is 0. The molecule has 0 radical (unpaired) electrons. The molecule has 0 saturated carbocycles. The highest BCUT2D eigenvalue weighted by Crippen LogP contribution is 2.31. The Morgan fingerprint density at radius 2 is 1.92 bits per heavy atom. The maximum Gasteiger partial charge on any atom is 0.0229 e. The van der Waals surface area contributed by atoms with Crippen LogP contribution in [0.4, 0.5) is 0 Å². The Kier molecular flexibility index (Phi) is 2.41. The molecule has 0 aliphatic carbocycles. The second-order valence-corrected chi connectivity index (χ2v) is 3.39. The van der Waals surface area contributed by atoms with Crippen molar-refractivity contribution in [3.05, 3.63) is 35.7 Å². The van der Waals surface area contributed by atoms with Crippen molar-refractivity contribution in [3.8, 4) is 0 Å². The Labute approximate surface area is 74.9 Å². The molecule has 1 atom stereocenters. The minimum atomic E-state index is 0.425. The Balaban J connectivity index is 3.01. The lowest BCUT2D eigenvalue weighted by molar-refractivity contribution is 0.622. The predicted molar refractivity (Wildman–Crippen MR) is 53.6 cm³/mol. The summed E-state index contributed by atoms with van der Waals surface area (Å²) in [5.74, 6) is 0.425. The molecule has 1 aliphatic rings. The second-order valence-electron chi connectivity index (χ2n) is 3.39. The van der Waals surface area contributed by atoms with Crippen molar-refractivity contribution >= 4 is 0 Å². The molecule has 0 fully saturated rings. The standard InChI is InChI=1S/C11H17N/c1-6-11-8(3)7(2)9(4)12-10(11)5/h11-12H,3,5-6H2,1-2,4H3. The number of nitrogens with one attached hydrogen (secondary N) is 1. The minimum absolute atomic E-state index is 0.425. The molecule has 1 heterocycles. The van der Waals surface area contributed by atoms with Gasteiger partial charge in [-0.3, -0.25) is 0 Å². The molecule has 0 aromatic carbocycles. The van der Waals surface area contributed by atoms with Crippen LogP contribution in [-0.2, 0) is 0 Å². The Hall–Kier alpha value is -0.980. The fourth-order valence-electron chi connectivity index (χ4n) is 1.63. The first-order valence-corrected chi connectivity index (χ1v) is 4.40. The summed E-state index contributed by atoms with van der Waals surface area (Å²) in [6.07, 6.45) is 1.08. The molecule has 1 N–H and O–H groups in total. The SMILES string of the molecule is C=C1NC(C)=C(C)C(=C)C1CC.